The molecule has 1 aromatic carbocycles. The second kappa shape index (κ2) is 6.06. The van der Waals surface area contributed by atoms with Crippen LogP contribution in [0.5, 0.6) is 0 Å². The number of nitrogens with zero attached hydrogens (tertiary/aromatic N) is 1. The SMILES string of the molecule is CC1CN(C(=O)Nc2ccccc2)C(C(C)C)CN1. The largest absolute Gasteiger partial charge is 0.322 e. The van der Waals surface area contributed by atoms with Gasteiger partial charge in [0.25, 0.3) is 0 Å². The first-order chi connectivity index (χ1) is 9.08. The highest BCUT2D eigenvalue weighted by molar-refractivity contribution is 5.89. The monoisotopic (exact) mass is 261 g/mol. The first kappa shape index (κ1) is 13.9. The van der Waals surface area contributed by atoms with E-state index in [1.54, 1.807) is 0 Å². The zero-order valence-corrected chi connectivity index (χ0v) is 11.9. The Kier molecular flexibility index (Phi) is 4.43. The van der Waals surface area contributed by atoms with Gasteiger partial charge in [0.2, 0.25) is 0 Å². The number of urea groups is 1. The van der Waals surface area contributed by atoms with E-state index in [-0.39, 0.29) is 12.1 Å². The van der Waals surface area contributed by atoms with Crippen LogP contribution in [0.2, 0.25) is 0 Å². The maximum atomic E-state index is 12.4. The number of hydrogen-bond acceptors (Lipinski definition) is 2. The maximum Gasteiger partial charge on any atom is 0.322 e. The van der Waals surface area contributed by atoms with E-state index < -0.39 is 0 Å². The second-order valence-electron chi connectivity index (χ2n) is 5.57. The first-order valence-electron chi connectivity index (χ1n) is 6.94. The molecule has 0 saturated carbocycles. The van der Waals surface area contributed by atoms with Crippen LogP contribution >= 0.6 is 0 Å². The summed E-state index contributed by atoms with van der Waals surface area (Å²) in [6, 6.07) is 10.2. The summed E-state index contributed by atoms with van der Waals surface area (Å²) in [6.45, 7) is 8.04. The summed E-state index contributed by atoms with van der Waals surface area (Å²) in [6.07, 6.45) is 0. The van der Waals surface area contributed by atoms with Crippen LogP contribution in [-0.2, 0) is 0 Å². The van der Waals surface area contributed by atoms with Crippen LogP contribution in [0.3, 0.4) is 0 Å². The van der Waals surface area contributed by atoms with Crippen molar-refractivity contribution in [1.82, 2.24) is 10.2 Å². The van der Waals surface area contributed by atoms with Gasteiger partial charge in [-0.05, 0) is 25.0 Å². The van der Waals surface area contributed by atoms with Gasteiger partial charge in [-0.1, -0.05) is 32.0 Å². The summed E-state index contributed by atoms with van der Waals surface area (Å²) < 4.78 is 0. The lowest BCUT2D eigenvalue weighted by Gasteiger charge is -2.41. The number of benzene rings is 1. The number of para-hydroxylation sites is 1. The summed E-state index contributed by atoms with van der Waals surface area (Å²) >= 11 is 0. The van der Waals surface area contributed by atoms with Crippen molar-refractivity contribution in [2.24, 2.45) is 5.92 Å². The minimum atomic E-state index is -0.00162. The van der Waals surface area contributed by atoms with E-state index in [2.05, 4.69) is 31.4 Å². The molecule has 2 unspecified atom stereocenters. The number of amides is 2. The Morgan fingerprint density at radius 3 is 2.68 bits per heavy atom. The number of nitrogens with one attached hydrogen (secondary N) is 2. The van der Waals surface area contributed by atoms with Crippen molar-refractivity contribution in [3.63, 3.8) is 0 Å². The van der Waals surface area contributed by atoms with Gasteiger partial charge in [-0.2, -0.15) is 0 Å². The number of anilines is 1. The average molecular weight is 261 g/mol. The van der Waals surface area contributed by atoms with Crippen LogP contribution in [0.1, 0.15) is 20.8 Å². The van der Waals surface area contributed by atoms with E-state index in [4.69, 9.17) is 0 Å². The van der Waals surface area contributed by atoms with Gasteiger partial charge in [0.1, 0.15) is 0 Å². The summed E-state index contributed by atoms with van der Waals surface area (Å²) in [5.74, 6) is 0.446. The highest BCUT2D eigenvalue weighted by atomic mass is 16.2. The molecule has 1 fully saturated rings. The van der Waals surface area contributed by atoms with Crippen molar-refractivity contribution in [3.8, 4) is 0 Å². The molecule has 2 atom stereocenters. The molecule has 19 heavy (non-hydrogen) atoms. The lowest BCUT2D eigenvalue weighted by Crippen LogP contribution is -2.60. The number of hydrogen-bond donors (Lipinski definition) is 2. The smallest absolute Gasteiger partial charge is 0.318 e. The summed E-state index contributed by atoms with van der Waals surface area (Å²) in [7, 11) is 0. The predicted octanol–water partition coefficient (Wildman–Crippen LogP) is 2.54. The number of carbonyl (C=O) groups is 1. The molecule has 1 aliphatic heterocycles. The molecule has 4 heteroatoms. The third kappa shape index (κ3) is 3.47. The molecule has 104 valence electrons. The van der Waals surface area contributed by atoms with Crippen molar-refractivity contribution in [2.45, 2.75) is 32.9 Å². The number of carbonyl (C=O) groups excluding carboxylic acids is 1. The molecular formula is C15H23N3O. The standard InChI is InChI=1S/C15H23N3O/c1-11(2)14-9-16-12(3)10-18(14)15(19)17-13-7-5-4-6-8-13/h4-8,11-12,14,16H,9-10H2,1-3H3,(H,17,19). The summed E-state index contributed by atoms with van der Waals surface area (Å²) in [5.41, 5.74) is 0.848. The van der Waals surface area contributed by atoms with Crippen molar-refractivity contribution in [3.05, 3.63) is 30.3 Å². The molecule has 2 rings (SSSR count). The molecule has 1 heterocycles. The average Bonchev–Trinajstić information content (AvgIpc) is 2.39. The number of rotatable bonds is 2. The topological polar surface area (TPSA) is 44.4 Å². The van der Waals surface area contributed by atoms with E-state index in [1.807, 2.05) is 35.2 Å². The third-order valence-corrected chi connectivity index (χ3v) is 3.60. The Morgan fingerprint density at radius 1 is 1.37 bits per heavy atom. The van der Waals surface area contributed by atoms with Gasteiger partial charge in [0, 0.05) is 30.9 Å². The molecule has 0 spiro atoms. The molecule has 2 N–H and O–H groups in total. The molecule has 0 aliphatic carbocycles. The van der Waals surface area contributed by atoms with Gasteiger partial charge in [-0.3, -0.25) is 0 Å². The maximum absolute atomic E-state index is 12.4. The predicted molar refractivity (Wildman–Crippen MR) is 78.3 cm³/mol. The van der Waals surface area contributed by atoms with E-state index >= 15 is 0 Å². The van der Waals surface area contributed by atoms with Crippen LogP contribution in [-0.4, -0.2) is 36.1 Å². The Morgan fingerprint density at radius 2 is 2.05 bits per heavy atom. The van der Waals surface area contributed by atoms with Crippen LogP contribution in [0, 0.1) is 5.92 Å². The molecule has 1 aliphatic rings. The van der Waals surface area contributed by atoms with Gasteiger partial charge in [0.15, 0.2) is 0 Å². The highest BCUT2D eigenvalue weighted by Gasteiger charge is 2.31. The van der Waals surface area contributed by atoms with Crippen LogP contribution in [0.4, 0.5) is 10.5 Å². The van der Waals surface area contributed by atoms with Crippen LogP contribution in [0.15, 0.2) is 30.3 Å². The van der Waals surface area contributed by atoms with Crippen molar-refractivity contribution < 1.29 is 4.79 Å². The Hall–Kier alpha value is -1.55. The van der Waals surface area contributed by atoms with E-state index in [1.165, 1.54) is 0 Å². The molecule has 0 radical (unpaired) electrons. The fourth-order valence-electron chi connectivity index (χ4n) is 2.47. The van der Waals surface area contributed by atoms with Gasteiger partial charge >= 0.3 is 6.03 Å². The van der Waals surface area contributed by atoms with Crippen molar-refractivity contribution in [1.29, 1.82) is 0 Å². The molecule has 0 aromatic heterocycles. The lowest BCUT2D eigenvalue weighted by molar-refractivity contribution is 0.130. The van der Waals surface area contributed by atoms with Gasteiger partial charge in [-0.25, -0.2) is 4.79 Å². The zero-order valence-electron chi connectivity index (χ0n) is 11.9. The molecule has 1 saturated heterocycles. The second-order valence-corrected chi connectivity index (χ2v) is 5.57. The summed E-state index contributed by atoms with van der Waals surface area (Å²) in [4.78, 5) is 14.4. The molecule has 2 amide bonds. The zero-order chi connectivity index (χ0) is 13.8. The van der Waals surface area contributed by atoms with E-state index in [9.17, 15) is 4.79 Å². The number of piperazine rings is 1. The van der Waals surface area contributed by atoms with Gasteiger partial charge in [-0.15, -0.1) is 0 Å². The molecule has 4 nitrogen and oxygen atoms in total. The Balaban J connectivity index is 2.06. The fourth-order valence-corrected chi connectivity index (χ4v) is 2.47. The lowest BCUT2D eigenvalue weighted by atomic mass is 9.99. The molecule has 1 aromatic rings. The van der Waals surface area contributed by atoms with Gasteiger partial charge in [0.05, 0.1) is 0 Å². The highest BCUT2D eigenvalue weighted by Crippen LogP contribution is 2.17. The minimum Gasteiger partial charge on any atom is -0.318 e. The third-order valence-electron chi connectivity index (χ3n) is 3.60. The van der Waals surface area contributed by atoms with Crippen LogP contribution < -0.4 is 10.6 Å². The fraction of sp³-hybridized carbons (Fsp3) is 0.533. The van der Waals surface area contributed by atoms with Crippen molar-refractivity contribution >= 4 is 11.7 Å². The Labute approximate surface area is 115 Å². The first-order valence-corrected chi connectivity index (χ1v) is 6.94. The minimum absolute atomic E-state index is 0.00162. The quantitative estimate of drug-likeness (QED) is 0.859. The van der Waals surface area contributed by atoms with Crippen molar-refractivity contribution in [2.75, 3.05) is 18.4 Å². The van der Waals surface area contributed by atoms with E-state index in [0.717, 1.165) is 18.8 Å². The molecule has 0 bridgehead atoms. The Bertz CT molecular complexity index is 419. The summed E-state index contributed by atoms with van der Waals surface area (Å²) in [5, 5.41) is 6.42. The van der Waals surface area contributed by atoms with Crippen LogP contribution in [0.25, 0.3) is 0 Å². The van der Waals surface area contributed by atoms with E-state index in [0.29, 0.717) is 12.0 Å². The van der Waals surface area contributed by atoms with Gasteiger partial charge < -0.3 is 15.5 Å². The molecular weight excluding hydrogens is 238 g/mol. The normalized spacial score (nSPS) is 23.5.